The van der Waals surface area contributed by atoms with Crippen molar-refractivity contribution in [2.24, 2.45) is 5.73 Å². The Balaban J connectivity index is 1.81. The van der Waals surface area contributed by atoms with Crippen LogP contribution in [0.2, 0.25) is 5.32 Å². The molecule has 2 rings (SSSR count). The molecule has 0 saturated heterocycles. The Bertz CT molecular complexity index is 470. The SMILES string of the molecule is N[C@H](C[Se]c1ccc(F)cc1)Cc1ccccc1. The summed E-state index contributed by atoms with van der Waals surface area (Å²) in [5, 5.41) is 0.980. The monoisotopic (exact) mass is 309 g/mol. The van der Waals surface area contributed by atoms with Crippen molar-refractivity contribution in [3.8, 4) is 0 Å². The van der Waals surface area contributed by atoms with Crippen molar-refractivity contribution in [2.75, 3.05) is 0 Å². The van der Waals surface area contributed by atoms with Gasteiger partial charge in [-0.05, 0) is 0 Å². The molecular formula is C15H16FNSe. The summed E-state index contributed by atoms with van der Waals surface area (Å²) < 4.78 is 14.0. The fourth-order valence-corrected chi connectivity index (χ4v) is 3.50. The van der Waals surface area contributed by atoms with Gasteiger partial charge in [-0.15, -0.1) is 0 Å². The van der Waals surface area contributed by atoms with Gasteiger partial charge in [0.15, 0.2) is 0 Å². The quantitative estimate of drug-likeness (QED) is 0.842. The van der Waals surface area contributed by atoms with E-state index in [1.807, 2.05) is 30.3 Å². The summed E-state index contributed by atoms with van der Waals surface area (Å²) in [6.07, 6.45) is 0.907. The molecule has 0 saturated carbocycles. The van der Waals surface area contributed by atoms with Crippen LogP contribution in [0.4, 0.5) is 4.39 Å². The van der Waals surface area contributed by atoms with E-state index in [9.17, 15) is 4.39 Å². The fraction of sp³-hybridized carbons (Fsp3) is 0.200. The molecule has 0 spiro atoms. The van der Waals surface area contributed by atoms with Crippen LogP contribution in [0.5, 0.6) is 0 Å². The normalized spacial score (nSPS) is 12.3. The number of benzene rings is 2. The second kappa shape index (κ2) is 6.69. The Kier molecular flexibility index (Phi) is 4.94. The van der Waals surface area contributed by atoms with Gasteiger partial charge in [0.1, 0.15) is 0 Å². The van der Waals surface area contributed by atoms with Gasteiger partial charge >= 0.3 is 113 Å². The summed E-state index contributed by atoms with van der Waals surface area (Å²) in [6, 6.07) is 17.2. The van der Waals surface area contributed by atoms with Gasteiger partial charge < -0.3 is 0 Å². The van der Waals surface area contributed by atoms with Crippen LogP contribution in [0, 0.1) is 5.82 Å². The Morgan fingerprint density at radius 1 is 1.00 bits per heavy atom. The summed E-state index contributed by atoms with van der Waals surface area (Å²) in [5.41, 5.74) is 7.40. The third-order valence-corrected chi connectivity index (χ3v) is 5.14. The maximum absolute atomic E-state index is 12.8. The average Bonchev–Trinajstić information content (AvgIpc) is 2.39. The van der Waals surface area contributed by atoms with Crippen LogP contribution >= 0.6 is 0 Å². The first-order valence-electron chi connectivity index (χ1n) is 5.92. The molecule has 0 aliphatic rings. The van der Waals surface area contributed by atoms with Gasteiger partial charge in [0.25, 0.3) is 0 Å². The van der Waals surface area contributed by atoms with E-state index in [1.54, 1.807) is 0 Å². The first-order chi connectivity index (χ1) is 8.74. The summed E-state index contributed by atoms with van der Waals surface area (Å²) in [7, 11) is 0. The van der Waals surface area contributed by atoms with Crippen LogP contribution in [0.25, 0.3) is 0 Å². The van der Waals surface area contributed by atoms with Gasteiger partial charge in [-0.3, -0.25) is 0 Å². The van der Waals surface area contributed by atoms with E-state index in [-0.39, 0.29) is 11.9 Å². The third-order valence-electron chi connectivity index (χ3n) is 2.62. The van der Waals surface area contributed by atoms with Gasteiger partial charge in [0.2, 0.25) is 0 Å². The van der Waals surface area contributed by atoms with Gasteiger partial charge in [-0.1, -0.05) is 0 Å². The topological polar surface area (TPSA) is 26.0 Å². The molecule has 94 valence electrons. The molecule has 2 N–H and O–H groups in total. The molecule has 0 bridgehead atoms. The van der Waals surface area contributed by atoms with Crippen molar-refractivity contribution in [3.05, 3.63) is 66.0 Å². The van der Waals surface area contributed by atoms with Crippen LogP contribution in [-0.4, -0.2) is 21.0 Å². The Labute approximate surface area is 113 Å². The van der Waals surface area contributed by atoms with Crippen LogP contribution in [0.15, 0.2) is 54.6 Å². The summed E-state index contributed by atoms with van der Waals surface area (Å²) in [6.45, 7) is 0. The molecule has 18 heavy (non-hydrogen) atoms. The number of hydrogen-bond acceptors (Lipinski definition) is 1. The van der Waals surface area contributed by atoms with Crippen molar-refractivity contribution in [1.82, 2.24) is 0 Å². The minimum absolute atomic E-state index is 0.178. The molecule has 2 aromatic rings. The Morgan fingerprint density at radius 3 is 2.33 bits per heavy atom. The molecule has 0 aliphatic heterocycles. The zero-order chi connectivity index (χ0) is 12.8. The van der Waals surface area contributed by atoms with E-state index in [1.165, 1.54) is 22.2 Å². The van der Waals surface area contributed by atoms with Crippen molar-refractivity contribution in [1.29, 1.82) is 0 Å². The second-order valence-corrected chi connectivity index (χ2v) is 6.51. The summed E-state index contributed by atoms with van der Waals surface area (Å²) >= 11 is 0.321. The minimum atomic E-state index is -0.178. The van der Waals surface area contributed by atoms with Crippen molar-refractivity contribution < 1.29 is 4.39 Å². The van der Waals surface area contributed by atoms with Gasteiger partial charge in [0, 0.05) is 0 Å². The van der Waals surface area contributed by atoms with Gasteiger partial charge in [-0.2, -0.15) is 0 Å². The molecule has 3 heteroatoms. The number of nitrogens with two attached hydrogens (primary N) is 1. The summed E-state index contributed by atoms with van der Waals surface area (Å²) in [5.74, 6) is -0.178. The molecular weight excluding hydrogens is 292 g/mol. The number of rotatable bonds is 5. The molecule has 1 nitrogen and oxygen atoms in total. The molecule has 0 aliphatic carbocycles. The molecule has 0 aromatic heterocycles. The van der Waals surface area contributed by atoms with E-state index in [2.05, 4.69) is 12.1 Å². The third kappa shape index (κ3) is 4.26. The standard InChI is InChI=1S/C15H16FNSe/c16-13-6-8-15(9-7-13)18-11-14(17)10-12-4-2-1-3-5-12/h1-9,14H,10-11,17H2/t14-/m0/s1. The van der Waals surface area contributed by atoms with Crippen LogP contribution < -0.4 is 10.2 Å². The molecule has 0 unspecified atom stereocenters. The molecule has 0 fully saturated rings. The molecule has 0 radical (unpaired) electrons. The van der Waals surface area contributed by atoms with Gasteiger partial charge in [-0.25, -0.2) is 0 Å². The predicted octanol–water partition coefficient (Wildman–Crippen LogP) is 2.14. The van der Waals surface area contributed by atoms with E-state index in [4.69, 9.17) is 5.73 Å². The van der Waals surface area contributed by atoms with Gasteiger partial charge in [0.05, 0.1) is 0 Å². The Hall–Kier alpha value is -1.15. The first kappa shape index (κ1) is 13.3. The van der Waals surface area contributed by atoms with Crippen LogP contribution in [0.3, 0.4) is 0 Å². The first-order valence-corrected chi connectivity index (χ1v) is 7.99. The molecule has 0 heterocycles. The second-order valence-electron chi connectivity index (χ2n) is 4.21. The zero-order valence-corrected chi connectivity index (χ0v) is 11.8. The van der Waals surface area contributed by atoms with Crippen LogP contribution in [-0.2, 0) is 6.42 Å². The maximum atomic E-state index is 12.8. The number of hydrogen-bond donors (Lipinski definition) is 1. The molecule has 1 atom stereocenters. The van der Waals surface area contributed by atoms with Crippen LogP contribution in [0.1, 0.15) is 5.56 Å². The number of halogens is 1. The van der Waals surface area contributed by atoms with Crippen molar-refractivity contribution in [2.45, 2.75) is 17.8 Å². The molecule has 0 amide bonds. The predicted molar refractivity (Wildman–Crippen MR) is 74.7 cm³/mol. The zero-order valence-electron chi connectivity index (χ0n) is 10.1. The molecule has 2 aromatic carbocycles. The average molecular weight is 308 g/mol. The van der Waals surface area contributed by atoms with Crippen molar-refractivity contribution in [3.63, 3.8) is 0 Å². The van der Waals surface area contributed by atoms with E-state index in [0.29, 0.717) is 15.0 Å². The van der Waals surface area contributed by atoms with E-state index < -0.39 is 0 Å². The van der Waals surface area contributed by atoms with Crippen molar-refractivity contribution >= 4 is 19.4 Å². The van der Waals surface area contributed by atoms with E-state index in [0.717, 1.165) is 11.7 Å². The Morgan fingerprint density at radius 2 is 1.67 bits per heavy atom. The summed E-state index contributed by atoms with van der Waals surface area (Å²) in [4.78, 5) is 0. The van der Waals surface area contributed by atoms with E-state index >= 15 is 0 Å². The fourth-order valence-electron chi connectivity index (χ4n) is 1.71.